The van der Waals surface area contributed by atoms with Gasteiger partial charge in [-0.25, -0.2) is 4.79 Å². The molecule has 132 valence electrons. The lowest BCUT2D eigenvalue weighted by Crippen LogP contribution is -2.67. The Bertz CT molecular complexity index is 582. The molecule has 4 nitrogen and oxygen atoms in total. The van der Waals surface area contributed by atoms with E-state index >= 15 is 0 Å². The van der Waals surface area contributed by atoms with Crippen molar-refractivity contribution in [3.8, 4) is 0 Å². The van der Waals surface area contributed by atoms with Crippen LogP contribution in [-0.4, -0.2) is 37.5 Å². The van der Waals surface area contributed by atoms with E-state index in [2.05, 4.69) is 26.6 Å². The Labute approximate surface area is 146 Å². The van der Waals surface area contributed by atoms with Gasteiger partial charge in [0.2, 0.25) is 5.91 Å². The van der Waals surface area contributed by atoms with Gasteiger partial charge in [0.05, 0.1) is 26.3 Å². The molecule has 0 aliphatic carbocycles. The summed E-state index contributed by atoms with van der Waals surface area (Å²) in [6.07, 6.45) is 1.84. The molecule has 24 heavy (non-hydrogen) atoms. The van der Waals surface area contributed by atoms with Gasteiger partial charge in [-0.2, -0.15) is 0 Å². The largest absolute Gasteiger partial charge is 0.464 e. The van der Waals surface area contributed by atoms with E-state index in [0.29, 0.717) is 6.61 Å². The molecule has 1 amide bonds. The van der Waals surface area contributed by atoms with E-state index in [-0.39, 0.29) is 23.5 Å². The van der Waals surface area contributed by atoms with Gasteiger partial charge < -0.3 is 9.64 Å². The highest BCUT2D eigenvalue weighted by molar-refractivity contribution is 6.81. The molecule has 1 aliphatic rings. The molecular weight excluding hydrogens is 318 g/mol. The van der Waals surface area contributed by atoms with Gasteiger partial charge in [-0.1, -0.05) is 63.3 Å². The first-order valence-corrected chi connectivity index (χ1v) is 12.4. The summed E-state index contributed by atoms with van der Waals surface area (Å²) in [5, 5.41) is 0. The normalized spacial score (nSPS) is 22.0. The van der Waals surface area contributed by atoms with Gasteiger partial charge in [-0.3, -0.25) is 4.79 Å². The van der Waals surface area contributed by atoms with Gasteiger partial charge in [-0.15, -0.1) is 0 Å². The predicted octanol–water partition coefficient (Wildman–Crippen LogP) is 4.01. The van der Waals surface area contributed by atoms with Crippen molar-refractivity contribution in [2.24, 2.45) is 0 Å². The first-order valence-electron chi connectivity index (χ1n) is 8.82. The summed E-state index contributed by atoms with van der Waals surface area (Å²) in [6, 6.07) is 9.32. The van der Waals surface area contributed by atoms with E-state index in [1.165, 1.54) is 0 Å². The van der Waals surface area contributed by atoms with Crippen LogP contribution in [0.5, 0.6) is 0 Å². The van der Waals surface area contributed by atoms with Crippen LogP contribution in [0.25, 0.3) is 0 Å². The number of rotatable bonds is 7. The van der Waals surface area contributed by atoms with Crippen LogP contribution in [0.1, 0.15) is 38.3 Å². The summed E-state index contributed by atoms with van der Waals surface area (Å²) in [5.41, 5.74) is 0.865. The lowest BCUT2D eigenvalue weighted by Gasteiger charge is -2.52. The first kappa shape index (κ1) is 18.7. The third-order valence-electron chi connectivity index (χ3n) is 4.75. The van der Waals surface area contributed by atoms with E-state index in [1.807, 2.05) is 37.3 Å². The highest BCUT2D eigenvalue weighted by Crippen LogP contribution is 2.45. The van der Waals surface area contributed by atoms with Crippen molar-refractivity contribution < 1.29 is 14.3 Å². The number of carbonyl (C=O) groups excluding carboxylic acids is 2. The third-order valence-corrected chi connectivity index (χ3v) is 7.18. The number of unbranched alkanes of at least 4 members (excludes halogenated alkanes) is 1. The van der Waals surface area contributed by atoms with Crippen LogP contribution in [0.3, 0.4) is 0 Å². The van der Waals surface area contributed by atoms with Crippen molar-refractivity contribution in [1.82, 2.24) is 4.90 Å². The molecule has 1 fully saturated rings. The minimum absolute atomic E-state index is 0.1000. The second kappa shape index (κ2) is 7.51. The van der Waals surface area contributed by atoms with Crippen LogP contribution < -0.4 is 0 Å². The van der Waals surface area contributed by atoms with Gasteiger partial charge in [0.25, 0.3) is 0 Å². The van der Waals surface area contributed by atoms with Crippen molar-refractivity contribution in [2.45, 2.75) is 64.0 Å². The summed E-state index contributed by atoms with van der Waals surface area (Å²) in [6.45, 7) is 10.9. The maximum absolute atomic E-state index is 12.8. The second-order valence-corrected chi connectivity index (χ2v) is 13.0. The van der Waals surface area contributed by atoms with Crippen molar-refractivity contribution in [3.63, 3.8) is 0 Å². The molecule has 0 N–H and O–H groups in total. The summed E-state index contributed by atoms with van der Waals surface area (Å²) in [4.78, 5) is 27.2. The van der Waals surface area contributed by atoms with Crippen LogP contribution in [0, 0.1) is 0 Å². The number of ether oxygens (including phenoxy) is 1. The SMILES string of the molecule is CCCCOC(=O)[C@H]1[C@@H]([Si](C)(C)C)C(=O)N1C(C)c1ccccc1. The molecule has 1 unspecified atom stereocenters. The maximum Gasteiger partial charge on any atom is 0.329 e. The number of nitrogens with zero attached hydrogens (tertiary/aromatic N) is 1. The number of esters is 1. The fourth-order valence-corrected chi connectivity index (χ4v) is 5.47. The number of carbonyl (C=O) groups is 2. The minimum Gasteiger partial charge on any atom is -0.464 e. The smallest absolute Gasteiger partial charge is 0.329 e. The highest BCUT2D eigenvalue weighted by Gasteiger charge is 2.58. The van der Waals surface area contributed by atoms with E-state index in [4.69, 9.17) is 4.74 Å². The molecule has 5 heteroatoms. The second-order valence-electron chi connectivity index (χ2n) is 7.64. The van der Waals surface area contributed by atoms with Crippen molar-refractivity contribution in [2.75, 3.05) is 6.61 Å². The average Bonchev–Trinajstić information content (AvgIpc) is 2.52. The molecule has 1 aromatic rings. The zero-order valence-corrected chi connectivity index (χ0v) is 16.4. The summed E-state index contributed by atoms with van der Waals surface area (Å²) < 4.78 is 5.47. The lowest BCUT2D eigenvalue weighted by atomic mass is 9.94. The van der Waals surface area contributed by atoms with Gasteiger partial charge in [0.1, 0.15) is 6.04 Å². The number of likely N-dealkylation sites (tertiary alicyclic amines) is 1. The van der Waals surface area contributed by atoms with Crippen LogP contribution in [0.2, 0.25) is 25.2 Å². The molecule has 1 aromatic carbocycles. The summed E-state index contributed by atoms with van der Waals surface area (Å²) >= 11 is 0. The number of benzene rings is 1. The average molecular weight is 348 g/mol. The summed E-state index contributed by atoms with van der Waals surface area (Å²) in [5.74, 6) is -0.138. The molecule has 0 spiro atoms. The van der Waals surface area contributed by atoms with Crippen LogP contribution >= 0.6 is 0 Å². The monoisotopic (exact) mass is 347 g/mol. The lowest BCUT2D eigenvalue weighted by molar-refractivity contribution is -0.169. The molecule has 0 aromatic heterocycles. The molecule has 0 radical (unpaired) electrons. The number of β-lactam (4-membered cyclic amide) rings is 1. The number of hydrogen-bond donors (Lipinski definition) is 0. The quantitative estimate of drug-likeness (QED) is 0.324. The van der Waals surface area contributed by atoms with Crippen LogP contribution in [-0.2, 0) is 14.3 Å². The fourth-order valence-electron chi connectivity index (χ4n) is 3.33. The maximum atomic E-state index is 12.8. The molecule has 0 bridgehead atoms. The Kier molecular flexibility index (Phi) is 5.86. The van der Waals surface area contributed by atoms with E-state index < -0.39 is 14.1 Å². The molecular formula is C19H29NO3Si. The molecule has 1 saturated heterocycles. The molecule has 1 aliphatic heterocycles. The zero-order valence-electron chi connectivity index (χ0n) is 15.4. The van der Waals surface area contributed by atoms with Gasteiger partial charge in [0, 0.05) is 0 Å². The molecule has 1 heterocycles. The summed E-state index contributed by atoms with van der Waals surface area (Å²) in [7, 11) is -1.79. The van der Waals surface area contributed by atoms with Crippen molar-refractivity contribution in [1.29, 1.82) is 0 Å². The standard InChI is InChI=1S/C19H29NO3Si/c1-6-7-13-23-19(22)16-17(24(3,4)5)18(21)20(16)14(2)15-11-9-8-10-12-15/h8-12,14,16-17H,6-7,13H2,1-5H3/t14?,16-,17-/m1/s1. The Morgan fingerprint density at radius 3 is 2.42 bits per heavy atom. The molecule has 2 rings (SSSR count). The minimum atomic E-state index is -1.79. The van der Waals surface area contributed by atoms with Crippen molar-refractivity contribution >= 4 is 20.0 Å². The van der Waals surface area contributed by atoms with Gasteiger partial charge in [0.15, 0.2) is 0 Å². The topological polar surface area (TPSA) is 46.6 Å². The van der Waals surface area contributed by atoms with E-state index in [0.717, 1.165) is 18.4 Å². The van der Waals surface area contributed by atoms with Crippen LogP contribution in [0.15, 0.2) is 30.3 Å². The van der Waals surface area contributed by atoms with Gasteiger partial charge in [-0.05, 0) is 18.9 Å². The number of hydrogen-bond acceptors (Lipinski definition) is 3. The Hall–Kier alpha value is -1.62. The predicted molar refractivity (Wildman–Crippen MR) is 98.5 cm³/mol. The Morgan fingerprint density at radius 2 is 1.88 bits per heavy atom. The molecule has 0 saturated carbocycles. The Balaban J connectivity index is 2.22. The fraction of sp³-hybridized carbons (Fsp3) is 0.579. The van der Waals surface area contributed by atoms with E-state index in [1.54, 1.807) is 4.90 Å². The van der Waals surface area contributed by atoms with E-state index in [9.17, 15) is 9.59 Å². The number of amides is 1. The highest BCUT2D eigenvalue weighted by atomic mass is 28.3. The zero-order chi connectivity index (χ0) is 17.9. The Morgan fingerprint density at radius 1 is 1.25 bits per heavy atom. The first-order chi connectivity index (χ1) is 11.3. The van der Waals surface area contributed by atoms with Crippen molar-refractivity contribution in [3.05, 3.63) is 35.9 Å². The van der Waals surface area contributed by atoms with Gasteiger partial charge >= 0.3 is 5.97 Å². The van der Waals surface area contributed by atoms with Crippen LogP contribution in [0.4, 0.5) is 0 Å². The third kappa shape index (κ3) is 3.72. The molecule has 3 atom stereocenters.